The Labute approximate surface area is 178 Å². The lowest BCUT2D eigenvalue weighted by Crippen LogP contribution is -2.11. The van der Waals surface area contributed by atoms with Crippen LogP contribution in [0.2, 0.25) is 0 Å². The van der Waals surface area contributed by atoms with Crippen molar-refractivity contribution in [3.05, 3.63) is 58.4 Å². The molecular formula is C19H16FN5O3S2. The molecule has 0 amide bonds. The van der Waals surface area contributed by atoms with Gasteiger partial charge in [0.25, 0.3) is 5.56 Å². The molecule has 0 saturated carbocycles. The molecule has 4 rings (SSSR count). The molecular weight excluding hydrogens is 429 g/mol. The highest BCUT2D eigenvalue weighted by Gasteiger charge is 2.12. The van der Waals surface area contributed by atoms with Gasteiger partial charge in [0.2, 0.25) is 5.13 Å². The van der Waals surface area contributed by atoms with Crippen LogP contribution in [0.25, 0.3) is 10.9 Å². The van der Waals surface area contributed by atoms with Gasteiger partial charge in [-0.05, 0) is 18.2 Å². The molecule has 8 nitrogen and oxygen atoms in total. The number of thioether (sulfide) groups is 1. The average Bonchev–Trinajstić information content (AvgIpc) is 3.20. The Kier molecular flexibility index (Phi) is 5.81. The van der Waals surface area contributed by atoms with Crippen molar-refractivity contribution in [1.29, 1.82) is 0 Å². The zero-order chi connectivity index (χ0) is 21.1. The molecule has 2 heterocycles. The summed E-state index contributed by atoms with van der Waals surface area (Å²) in [6, 6.07) is 9.60. The molecule has 0 fully saturated rings. The molecule has 2 aromatic carbocycles. The number of fused-ring (bicyclic) bond motifs is 1. The number of anilines is 2. The fourth-order valence-electron chi connectivity index (χ4n) is 2.71. The number of para-hydroxylation sites is 1. The van der Waals surface area contributed by atoms with Crippen LogP contribution < -0.4 is 20.3 Å². The third-order valence-corrected chi connectivity index (χ3v) is 6.10. The van der Waals surface area contributed by atoms with Crippen molar-refractivity contribution >= 4 is 44.8 Å². The van der Waals surface area contributed by atoms with Gasteiger partial charge in [-0.15, -0.1) is 10.2 Å². The van der Waals surface area contributed by atoms with E-state index in [4.69, 9.17) is 9.47 Å². The number of nitrogens with one attached hydrogen (secondary N) is 2. The summed E-state index contributed by atoms with van der Waals surface area (Å²) in [5.41, 5.74) is 0.567. The Bertz CT molecular complexity index is 1260. The van der Waals surface area contributed by atoms with Gasteiger partial charge in [-0.1, -0.05) is 35.2 Å². The molecule has 4 aromatic rings. The Balaban J connectivity index is 1.50. The first-order chi connectivity index (χ1) is 14.6. The first-order valence-electron chi connectivity index (χ1n) is 8.70. The number of halogens is 1. The second-order valence-electron chi connectivity index (χ2n) is 6.00. The van der Waals surface area contributed by atoms with E-state index in [0.29, 0.717) is 49.1 Å². The van der Waals surface area contributed by atoms with Gasteiger partial charge in [0.05, 0.1) is 36.6 Å². The highest BCUT2D eigenvalue weighted by molar-refractivity contribution is 8.00. The standard InChI is InChI=1S/C19H16FN5O3S2/c1-27-14-7-10-13(8-15(14)28-2)21-16(23-17(10)26)9-29-19-25-24-18(30-19)22-12-6-4-3-5-11(12)20/h3-8H,9H2,1-2H3,(H,22,24)(H,21,23,26). The lowest BCUT2D eigenvalue weighted by Gasteiger charge is -2.09. The van der Waals surface area contributed by atoms with Gasteiger partial charge in [0.15, 0.2) is 15.8 Å². The number of H-pyrrole nitrogens is 1. The van der Waals surface area contributed by atoms with E-state index in [-0.39, 0.29) is 11.4 Å². The maximum Gasteiger partial charge on any atom is 0.258 e. The first-order valence-corrected chi connectivity index (χ1v) is 10.5. The first kappa shape index (κ1) is 20.1. The third-order valence-electron chi connectivity index (χ3n) is 4.11. The second-order valence-corrected chi connectivity index (χ2v) is 8.20. The van der Waals surface area contributed by atoms with E-state index in [2.05, 4.69) is 25.5 Å². The highest BCUT2D eigenvalue weighted by atomic mass is 32.2. The van der Waals surface area contributed by atoms with Crippen molar-refractivity contribution in [2.45, 2.75) is 10.1 Å². The third kappa shape index (κ3) is 4.21. The minimum atomic E-state index is -0.369. The van der Waals surface area contributed by atoms with Crippen LogP contribution in [-0.2, 0) is 5.75 Å². The smallest absolute Gasteiger partial charge is 0.258 e. The summed E-state index contributed by atoms with van der Waals surface area (Å²) in [4.78, 5) is 19.7. The van der Waals surface area contributed by atoms with Gasteiger partial charge in [-0.2, -0.15) is 0 Å². The van der Waals surface area contributed by atoms with Crippen molar-refractivity contribution in [3.63, 3.8) is 0 Å². The molecule has 0 aliphatic rings. The normalized spacial score (nSPS) is 10.9. The predicted molar refractivity (Wildman–Crippen MR) is 115 cm³/mol. The molecule has 2 aromatic heterocycles. The molecule has 0 spiro atoms. The van der Waals surface area contributed by atoms with Crippen molar-refractivity contribution in [2.75, 3.05) is 19.5 Å². The van der Waals surface area contributed by atoms with Gasteiger partial charge in [0.1, 0.15) is 11.6 Å². The number of benzene rings is 2. The quantitative estimate of drug-likeness (QED) is 0.412. The van der Waals surface area contributed by atoms with E-state index < -0.39 is 0 Å². The van der Waals surface area contributed by atoms with Crippen LogP contribution in [0, 0.1) is 5.82 Å². The number of aromatic nitrogens is 4. The Hall–Kier alpha value is -3.18. The van der Waals surface area contributed by atoms with Crippen LogP contribution in [0.5, 0.6) is 11.5 Å². The summed E-state index contributed by atoms with van der Waals surface area (Å²) in [5.74, 6) is 1.46. The molecule has 0 unspecified atom stereocenters. The summed E-state index contributed by atoms with van der Waals surface area (Å²) in [5, 5.41) is 11.9. The van der Waals surface area contributed by atoms with Gasteiger partial charge >= 0.3 is 0 Å². The largest absolute Gasteiger partial charge is 0.493 e. The van der Waals surface area contributed by atoms with E-state index in [1.165, 1.54) is 43.4 Å². The molecule has 0 bridgehead atoms. The van der Waals surface area contributed by atoms with E-state index in [9.17, 15) is 9.18 Å². The average molecular weight is 446 g/mol. The number of aromatic amines is 1. The number of methoxy groups -OCH3 is 2. The lowest BCUT2D eigenvalue weighted by atomic mass is 10.2. The number of ether oxygens (including phenoxy) is 2. The van der Waals surface area contributed by atoms with Crippen molar-refractivity contribution in [1.82, 2.24) is 20.2 Å². The summed E-state index contributed by atoms with van der Waals surface area (Å²) in [6.07, 6.45) is 0. The molecule has 0 radical (unpaired) electrons. The van der Waals surface area contributed by atoms with Crippen LogP contribution >= 0.6 is 23.1 Å². The molecule has 30 heavy (non-hydrogen) atoms. The van der Waals surface area contributed by atoms with Crippen LogP contribution in [0.15, 0.2) is 45.5 Å². The fourth-order valence-corrected chi connectivity index (χ4v) is 4.34. The minimum Gasteiger partial charge on any atom is -0.493 e. The monoisotopic (exact) mass is 445 g/mol. The van der Waals surface area contributed by atoms with Gasteiger partial charge < -0.3 is 19.8 Å². The summed E-state index contributed by atoms with van der Waals surface area (Å²) < 4.78 is 24.9. The van der Waals surface area contributed by atoms with Gasteiger partial charge in [-0.3, -0.25) is 4.79 Å². The second kappa shape index (κ2) is 8.67. The Morgan fingerprint density at radius 1 is 1.17 bits per heavy atom. The van der Waals surface area contributed by atoms with E-state index in [1.54, 1.807) is 30.3 Å². The van der Waals surface area contributed by atoms with Crippen molar-refractivity contribution < 1.29 is 13.9 Å². The number of hydrogen-bond acceptors (Lipinski definition) is 9. The van der Waals surface area contributed by atoms with Crippen LogP contribution in [0.4, 0.5) is 15.2 Å². The maximum absolute atomic E-state index is 13.7. The zero-order valence-corrected chi connectivity index (χ0v) is 17.6. The number of hydrogen-bond donors (Lipinski definition) is 2. The molecule has 0 aliphatic heterocycles. The van der Waals surface area contributed by atoms with Crippen molar-refractivity contribution in [3.8, 4) is 11.5 Å². The molecule has 0 atom stereocenters. The SMILES string of the molecule is COc1cc2nc(CSc3nnc(Nc4ccccc4F)s3)[nH]c(=O)c2cc1OC. The van der Waals surface area contributed by atoms with E-state index in [0.717, 1.165) is 0 Å². The minimum absolute atomic E-state index is 0.268. The summed E-state index contributed by atoms with van der Waals surface area (Å²) in [7, 11) is 3.03. The summed E-state index contributed by atoms with van der Waals surface area (Å²) in [6.45, 7) is 0. The molecule has 154 valence electrons. The number of nitrogens with zero attached hydrogens (tertiary/aromatic N) is 3. The Morgan fingerprint density at radius 3 is 2.70 bits per heavy atom. The molecule has 11 heteroatoms. The van der Waals surface area contributed by atoms with E-state index in [1.807, 2.05) is 0 Å². The number of rotatable bonds is 7. The van der Waals surface area contributed by atoms with Gasteiger partial charge in [-0.25, -0.2) is 9.37 Å². The lowest BCUT2D eigenvalue weighted by molar-refractivity contribution is 0.355. The fraction of sp³-hybridized carbons (Fsp3) is 0.158. The topological polar surface area (TPSA) is 102 Å². The van der Waals surface area contributed by atoms with Gasteiger partial charge in [0, 0.05) is 6.07 Å². The summed E-state index contributed by atoms with van der Waals surface area (Å²) >= 11 is 2.65. The molecule has 0 aliphatic carbocycles. The predicted octanol–water partition coefficient (Wildman–Crippen LogP) is 3.97. The van der Waals surface area contributed by atoms with Crippen molar-refractivity contribution in [2.24, 2.45) is 0 Å². The van der Waals surface area contributed by atoms with Crippen LogP contribution in [-0.4, -0.2) is 34.4 Å². The zero-order valence-electron chi connectivity index (χ0n) is 15.9. The Morgan fingerprint density at radius 2 is 1.93 bits per heavy atom. The van der Waals surface area contributed by atoms with Crippen LogP contribution in [0.3, 0.4) is 0 Å². The highest BCUT2D eigenvalue weighted by Crippen LogP contribution is 2.32. The molecule has 0 saturated heterocycles. The molecule has 2 N–H and O–H groups in total. The maximum atomic E-state index is 13.7. The van der Waals surface area contributed by atoms with E-state index >= 15 is 0 Å². The van der Waals surface area contributed by atoms with Crippen LogP contribution in [0.1, 0.15) is 5.82 Å².